The van der Waals surface area contributed by atoms with Crippen molar-refractivity contribution in [3.05, 3.63) is 39.9 Å². The molecule has 6 heteroatoms. The molecule has 1 aromatic carbocycles. The van der Waals surface area contributed by atoms with Gasteiger partial charge in [-0.15, -0.1) is 0 Å². The van der Waals surface area contributed by atoms with Crippen LogP contribution in [-0.2, 0) is 4.74 Å². The third-order valence-corrected chi connectivity index (χ3v) is 3.69. The monoisotopic (exact) mass is 305 g/mol. The van der Waals surface area contributed by atoms with Gasteiger partial charge in [-0.25, -0.2) is 4.99 Å². The lowest BCUT2D eigenvalue weighted by atomic mass is 9.95. The lowest BCUT2D eigenvalue weighted by Gasteiger charge is -2.16. The van der Waals surface area contributed by atoms with Gasteiger partial charge in [-0.2, -0.15) is 0 Å². The molecule has 1 unspecified atom stereocenters. The summed E-state index contributed by atoms with van der Waals surface area (Å²) < 4.78 is 5.58. The summed E-state index contributed by atoms with van der Waals surface area (Å²) in [7, 11) is 3.93. The fourth-order valence-corrected chi connectivity index (χ4v) is 2.49. The highest BCUT2D eigenvalue weighted by molar-refractivity contribution is 5.79. The van der Waals surface area contributed by atoms with Crippen molar-refractivity contribution in [1.29, 1.82) is 0 Å². The summed E-state index contributed by atoms with van der Waals surface area (Å²) in [5, 5.41) is 11.0. The molecule has 0 fully saturated rings. The first-order valence-electron chi connectivity index (χ1n) is 7.37. The van der Waals surface area contributed by atoms with E-state index in [2.05, 4.69) is 4.99 Å². The van der Waals surface area contributed by atoms with Crippen molar-refractivity contribution >= 4 is 11.6 Å². The number of anilines is 1. The molecule has 1 aliphatic heterocycles. The highest BCUT2D eigenvalue weighted by Crippen LogP contribution is 2.27. The first kappa shape index (κ1) is 16.3. The smallest absolute Gasteiger partial charge is 0.211 e. The van der Waals surface area contributed by atoms with Crippen LogP contribution in [0.2, 0.25) is 0 Å². The zero-order chi connectivity index (χ0) is 16.3. The van der Waals surface area contributed by atoms with Crippen LogP contribution in [0.25, 0.3) is 0 Å². The van der Waals surface area contributed by atoms with Crippen LogP contribution in [0, 0.1) is 10.1 Å². The molecule has 2 rings (SSSR count). The number of ether oxygens (including phenoxy) is 1. The van der Waals surface area contributed by atoms with E-state index in [-0.39, 0.29) is 22.9 Å². The molecule has 0 N–H and O–H groups in total. The predicted molar refractivity (Wildman–Crippen MR) is 87.5 cm³/mol. The van der Waals surface area contributed by atoms with Gasteiger partial charge in [0.2, 0.25) is 6.54 Å². The van der Waals surface area contributed by atoms with Crippen molar-refractivity contribution in [2.45, 2.75) is 31.7 Å². The van der Waals surface area contributed by atoms with Gasteiger partial charge in [-0.3, -0.25) is 10.1 Å². The minimum Gasteiger partial charge on any atom is -0.478 e. The Bertz CT molecular complexity index is 565. The molecule has 0 aliphatic carbocycles. The van der Waals surface area contributed by atoms with Crippen LogP contribution in [0.3, 0.4) is 0 Å². The van der Waals surface area contributed by atoms with Crippen molar-refractivity contribution < 1.29 is 9.66 Å². The number of nitro groups is 1. The van der Waals surface area contributed by atoms with Gasteiger partial charge >= 0.3 is 0 Å². The standard InChI is InChI=1S/C16H23N3O3/c1-16(2)11-22-15(17-16)9-13(10-19(20)21)12-5-7-14(8-6-12)18(3)4/h5-8,13H,9-11H2,1-4H3. The molecule has 0 spiro atoms. The van der Waals surface area contributed by atoms with Crippen LogP contribution < -0.4 is 4.90 Å². The molecule has 0 saturated carbocycles. The molecule has 120 valence electrons. The fraction of sp³-hybridized carbons (Fsp3) is 0.562. The number of benzene rings is 1. The van der Waals surface area contributed by atoms with Gasteiger partial charge in [-0.05, 0) is 31.5 Å². The zero-order valence-electron chi connectivity index (χ0n) is 13.6. The van der Waals surface area contributed by atoms with Crippen molar-refractivity contribution in [3.8, 4) is 0 Å². The summed E-state index contributed by atoms with van der Waals surface area (Å²) in [6.07, 6.45) is 0.464. The summed E-state index contributed by atoms with van der Waals surface area (Å²) in [5.74, 6) is 0.396. The van der Waals surface area contributed by atoms with Crippen molar-refractivity contribution in [3.63, 3.8) is 0 Å². The van der Waals surface area contributed by atoms with Gasteiger partial charge in [0.1, 0.15) is 6.61 Å². The molecular formula is C16H23N3O3. The molecular weight excluding hydrogens is 282 g/mol. The number of rotatable bonds is 6. The molecule has 6 nitrogen and oxygen atoms in total. The van der Waals surface area contributed by atoms with Crippen molar-refractivity contribution in [2.24, 2.45) is 4.99 Å². The SMILES string of the molecule is CN(C)c1ccc(C(CC2=NC(C)(C)CO2)C[N+](=O)[O-])cc1. The molecule has 1 aromatic rings. The first-order chi connectivity index (χ1) is 10.3. The van der Waals surface area contributed by atoms with Gasteiger partial charge in [0.25, 0.3) is 0 Å². The number of aliphatic imine (C=N–C) groups is 1. The fourth-order valence-electron chi connectivity index (χ4n) is 2.49. The molecule has 0 radical (unpaired) electrons. The lowest BCUT2D eigenvalue weighted by Crippen LogP contribution is -2.17. The number of hydrogen-bond donors (Lipinski definition) is 0. The van der Waals surface area contributed by atoms with Crippen LogP contribution in [0.1, 0.15) is 31.7 Å². The highest BCUT2D eigenvalue weighted by atomic mass is 16.6. The van der Waals surface area contributed by atoms with E-state index in [4.69, 9.17) is 4.74 Å². The van der Waals surface area contributed by atoms with Crippen LogP contribution in [0.5, 0.6) is 0 Å². The van der Waals surface area contributed by atoms with E-state index in [1.54, 1.807) is 0 Å². The van der Waals surface area contributed by atoms with Gasteiger partial charge in [0.05, 0.1) is 11.5 Å². The Morgan fingerprint density at radius 3 is 2.45 bits per heavy atom. The maximum atomic E-state index is 11.0. The second kappa shape index (κ2) is 6.34. The summed E-state index contributed by atoms with van der Waals surface area (Å²) in [6, 6.07) is 7.85. The average molecular weight is 305 g/mol. The van der Waals surface area contributed by atoms with Crippen molar-refractivity contribution in [1.82, 2.24) is 0 Å². The van der Waals surface area contributed by atoms with Gasteiger partial charge in [0.15, 0.2) is 5.90 Å². The second-order valence-corrected chi connectivity index (χ2v) is 6.51. The van der Waals surface area contributed by atoms with Crippen molar-refractivity contribution in [2.75, 3.05) is 32.1 Å². The molecule has 0 bridgehead atoms. The zero-order valence-corrected chi connectivity index (χ0v) is 13.6. The first-order valence-corrected chi connectivity index (χ1v) is 7.37. The summed E-state index contributed by atoms with van der Waals surface area (Å²) in [5.41, 5.74) is 1.78. The molecule has 1 aliphatic rings. The van der Waals surface area contributed by atoms with Gasteiger partial charge in [0, 0.05) is 31.1 Å². The highest BCUT2D eigenvalue weighted by Gasteiger charge is 2.29. The molecule has 0 saturated heterocycles. The topological polar surface area (TPSA) is 68.0 Å². The number of hydrogen-bond acceptors (Lipinski definition) is 5. The van der Waals surface area contributed by atoms with E-state index in [9.17, 15) is 10.1 Å². The average Bonchev–Trinajstić information content (AvgIpc) is 2.77. The molecule has 0 amide bonds. The minimum atomic E-state index is -0.273. The quantitative estimate of drug-likeness (QED) is 0.598. The maximum Gasteiger partial charge on any atom is 0.211 e. The Balaban J connectivity index is 2.17. The number of nitrogens with zero attached hydrogens (tertiary/aromatic N) is 3. The summed E-state index contributed by atoms with van der Waals surface area (Å²) in [4.78, 5) is 17.2. The van der Waals surface area contributed by atoms with E-state index in [0.717, 1.165) is 11.3 Å². The van der Waals surface area contributed by atoms with E-state index in [1.165, 1.54) is 0 Å². The Morgan fingerprint density at radius 2 is 2.00 bits per heavy atom. The lowest BCUT2D eigenvalue weighted by molar-refractivity contribution is -0.483. The van der Waals surface area contributed by atoms with Crippen LogP contribution in [-0.4, -0.2) is 43.6 Å². The molecule has 1 heterocycles. The van der Waals surface area contributed by atoms with E-state index < -0.39 is 0 Å². The molecule has 0 aromatic heterocycles. The van der Waals surface area contributed by atoms with E-state index in [0.29, 0.717) is 18.9 Å². The van der Waals surface area contributed by atoms with E-state index >= 15 is 0 Å². The Kier molecular flexibility index (Phi) is 4.68. The summed E-state index contributed by atoms with van der Waals surface area (Å²) in [6.45, 7) is 4.40. The predicted octanol–water partition coefficient (Wildman–Crippen LogP) is 2.71. The Morgan fingerprint density at radius 1 is 1.36 bits per heavy atom. The summed E-state index contributed by atoms with van der Waals surface area (Å²) >= 11 is 0. The minimum absolute atomic E-state index is 0.121. The normalized spacial score (nSPS) is 17.5. The van der Waals surface area contributed by atoms with E-state index in [1.807, 2.05) is 57.1 Å². The Hall–Kier alpha value is -2.11. The van der Waals surface area contributed by atoms with Gasteiger partial charge in [-0.1, -0.05) is 12.1 Å². The second-order valence-electron chi connectivity index (χ2n) is 6.51. The Labute approximate surface area is 130 Å². The third-order valence-electron chi connectivity index (χ3n) is 3.69. The molecule has 22 heavy (non-hydrogen) atoms. The van der Waals surface area contributed by atoms with Crippen LogP contribution in [0.4, 0.5) is 5.69 Å². The maximum absolute atomic E-state index is 11.0. The van der Waals surface area contributed by atoms with Gasteiger partial charge < -0.3 is 9.64 Å². The molecule has 1 atom stereocenters. The van der Waals surface area contributed by atoms with Crippen LogP contribution >= 0.6 is 0 Å². The largest absolute Gasteiger partial charge is 0.478 e. The van der Waals surface area contributed by atoms with Crippen LogP contribution in [0.15, 0.2) is 29.3 Å². The third kappa shape index (κ3) is 4.19.